The predicted molar refractivity (Wildman–Crippen MR) is 65.3 cm³/mol. The Labute approximate surface area is 98.0 Å². The maximum Gasteiger partial charge on any atom is 0.339 e. The average Bonchev–Trinajstić information content (AvgIpc) is 2.54. The van der Waals surface area contributed by atoms with E-state index in [1.807, 2.05) is 6.07 Å². The normalized spacial score (nSPS) is 14.6. The standard InChI is InChI=1S/C14H12O3/c15-9-6-7-11-10-4-2-1-3-5-12(10)14(16)17-13(11)8-9/h1-2,6-8,15H,3-5H2. The molecular formula is C14H12O3. The highest BCUT2D eigenvalue weighted by atomic mass is 16.4. The number of benzene rings is 1. The highest BCUT2D eigenvalue weighted by Crippen LogP contribution is 2.26. The summed E-state index contributed by atoms with van der Waals surface area (Å²) in [6.07, 6.45) is 6.53. The van der Waals surface area contributed by atoms with Crippen molar-refractivity contribution in [2.75, 3.05) is 0 Å². The van der Waals surface area contributed by atoms with E-state index in [0.717, 1.165) is 35.8 Å². The van der Waals surface area contributed by atoms with E-state index in [1.165, 1.54) is 6.07 Å². The van der Waals surface area contributed by atoms with Gasteiger partial charge in [-0.1, -0.05) is 12.2 Å². The van der Waals surface area contributed by atoms with E-state index in [1.54, 1.807) is 6.07 Å². The Hall–Kier alpha value is -2.03. The van der Waals surface area contributed by atoms with Crippen molar-refractivity contribution >= 4 is 11.0 Å². The molecule has 0 amide bonds. The van der Waals surface area contributed by atoms with Gasteiger partial charge in [0.15, 0.2) is 0 Å². The largest absolute Gasteiger partial charge is 0.508 e. The summed E-state index contributed by atoms with van der Waals surface area (Å²) in [6, 6.07) is 4.93. The smallest absolute Gasteiger partial charge is 0.339 e. The van der Waals surface area contributed by atoms with Gasteiger partial charge >= 0.3 is 5.63 Å². The maximum atomic E-state index is 11.9. The van der Waals surface area contributed by atoms with Crippen molar-refractivity contribution in [1.82, 2.24) is 0 Å². The first-order valence-corrected chi connectivity index (χ1v) is 5.68. The molecule has 0 spiro atoms. The SMILES string of the molecule is O=c1oc2cc(O)ccc2c2c1CCC=CC2. The third-order valence-electron chi connectivity index (χ3n) is 3.15. The molecule has 17 heavy (non-hydrogen) atoms. The molecule has 0 unspecified atom stereocenters. The second kappa shape index (κ2) is 3.77. The first kappa shape index (κ1) is 10.1. The van der Waals surface area contributed by atoms with Gasteiger partial charge in [-0.3, -0.25) is 0 Å². The molecule has 3 nitrogen and oxygen atoms in total. The van der Waals surface area contributed by atoms with E-state index in [2.05, 4.69) is 12.2 Å². The summed E-state index contributed by atoms with van der Waals surface area (Å²) >= 11 is 0. The van der Waals surface area contributed by atoms with Crippen LogP contribution in [0.4, 0.5) is 0 Å². The minimum atomic E-state index is -0.276. The van der Waals surface area contributed by atoms with Gasteiger partial charge in [0, 0.05) is 17.0 Å². The van der Waals surface area contributed by atoms with Gasteiger partial charge in [0.25, 0.3) is 0 Å². The van der Waals surface area contributed by atoms with Crippen LogP contribution >= 0.6 is 0 Å². The van der Waals surface area contributed by atoms with Crippen LogP contribution in [0, 0.1) is 0 Å². The molecule has 0 fully saturated rings. The van der Waals surface area contributed by atoms with Gasteiger partial charge in [0.05, 0.1) is 0 Å². The second-order valence-corrected chi connectivity index (χ2v) is 4.24. The number of allylic oxidation sites excluding steroid dienone is 2. The molecule has 0 radical (unpaired) electrons. The van der Waals surface area contributed by atoms with Gasteiger partial charge in [0.1, 0.15) is 11.3 Å². The van der Waals surface area contributed by atoms with E-state index in [0.29, 0.717) is 5.58 Å². The minimum Gasteiger partial charge on any atom is -0.508 e. The van der Waals surface area contributed by atoms with Crippen LogP contribution in [-0.2, 0) is 12.8 Å². The Morgan fingerprint density at radius 1 is 1.18 bits per heavy atom. The van der Waals surface area contributed by atoms with Crippen molar-refractivity contribution in [3.05, 3.63) is 51.9 Å². The van der Waals surface area contributed by atoms with Crippen LogP contribution in [0.1, 0.15) is 17.5 Å². The molecule has 86 valence electrons. The number of phenolic OH excluding ortho intramolecular Hbond substituents is 1. The Bertz CT molecular complexity index is 665. The molecule has 3 heteroatoms. The molecule has 2 aromatic rings. The van der Waals surface area contributed by atoms with E-state index >= 15 is 0 Å². The second-order valence-electron chi connectivity index (χ2n) is 4.24. The van der Waals surface area contributed by atoms with Gasteiger partial charge < -0.3 is 9.52 Å². The minimum absolute atomic E-state index is 0.116. The number of fused-ring (bicyclic) bond motifs is 3. The van der Waals surface area contributed by atoms with Crippen LogP contribution in [0.25, 0.3) is 11.0 Å². The fourth-order valence-electron chi connectivity index (χ4n) is 2.32. The number of hydrogen-bond donors (Lipinski definition) is 1. The lowest BCUT2D eigenvalue weighted by atomic mass is 10.0. The van der Waals surface area contributed by atoms with Crippen LogP contribution in [0.15, 0.2) is 39.6 Å². The predicted octanol–water partition coefficient (Wildman–Crippen LogP) is 2.54. The third kappa shape index (κ3) is 1.64. The highest BCUT2D eigenvalue weighted by Gasteiger charge is 2.14. The lowest BCUT2D eigenvalue weighted by molar-refractivity contribution is 0.472. The van der Waals surface area contributed by atoms with E-state index in [4.69, 9.17) is 4.42 Å². The quantitative estimate of drug-likeness (QED) is 0.557. The number of phenols is 1. The van der Waals surface area contributed by atoms with Gasteiger partial charge in [-0.25, -0.2) is 4.79 Å². The van der Waals surface area contributed by atoms with Crippen LogP contribution in [0.2, 0.25) is 0 Å². The zero-order valence-corrected chi connectivity index (χ0v) is 9.27. The van der Waals surface area contributed by atoms with Gasteiger partial charge in [-0.15, -0.1) is 0 Å². The average molecular weight is 228 g/mol. The lowest BCUT2D eigenvalue weighted by Crippen LogP contribution is -2.10. The third-order valence-corrected chi connectivity index (χ3v) is 3.15. The van der Waals surface area contributed by atoms with Crippen molar-refractivity contribution < 1.29 is 9.52 Å². The molecule has 1 aliphatic carbocycles. The first-order valence-electron chi connectivity index (χ1n) is 5.68. The van der Waals surface area contributed by atoms with Crippen molar-refractivity contribution in [1.29, 1.82) is 0 Å². The topological polar surface area (TPSA) is 50.4 Å². The van der Waals surface area contributed by atoms with Crippen molar-refractivity contribution in [2.45, 2.75) is 19.3 Å². The van der Waals surface area contributed by atoms with Crippen molar-refractivity contribution in [3.8, 4) is 5.75 Å². The highest BCUT2D eigenvalue weighted by molar-refractivity contribution is 5.82. The maximum absolute atomic E-state index is 11.9. The van der Waals surface area contributed by atoms with Crippen LogP contribution in [0.3, 0.4) is 0 Å². The summed E-state index contributed by atoms with van der Waals surface area (Å²) in [6.45, 7) is 0. The number of rotatable bonds is 0. The lowest BCUT2D eigenvalue weighted by Gasteiger charge is -2.07. The Morgan fingerprint density at radius 3 is 2.94 bits per heavy atom. The van der Waals surface area contributed by atoms with Crippen molar-refractivity contribution in [3.63, 3.8) is 0 Å². The molecular weight excluding hydrogens is 216 g/mol. The van der Waals surface area contributed by atoms with Crippen molar-refractivity contribution in [2.24, 2.45) is 0 Å². The molecule has 0 bridgehead atoms. The molecule has 1 aromatic heterocycles. The number of aromatic hydroxyl groups is 1. The van der Waals surface area contributed by atoms with Gasteiger partial charge in [-0.2, -0.15) is 0 Å². The fourth-order valence-corrected chi connectivity index (χ4v) is 2.32. The Morgan fingerprint density at radius 2 is 2.06 bits per heavy atom. The van der Waals surface area contributed by atoms with Crippen LogP contribution in [0.5, 0.6) is 5.75 Å². The summed E-state index contributed by atoms with van der Waals surface area (Å²) in [5.41, 5.74) is 1.99. The van der Waals surface area contributed by atoms with E-state index in [-0.39, 0.29) is 11.4 Å². The molecule has 0 aliphatic heterocycles. The molecule has 1 heterocycles. The summed E-state index contributed by atoms with van der Waals surface area (Å²) < 4.78 is 5.25. The Kier molecular flexibility index (Phi) is 2.25. The fraction of sp³-hybridized carbons (Fsp3) is 0.214. The first-order chi connectivity index (χ1) is 8.25. The monoisotopic (exact) mass is 228 g/mol. The van der Waals surface area contributed by atoms with Crippen LogP contribution < -0.4 is 5.63 Å². The molecule has 1 aliphatic rings. The number of hydrogen-bond acceptors (Lipinski definition) is 3. The summed E-state index contributed by atoms with van der Waals surface area (Å²) in [7, 11) is 0. The summed E-state index contributed by atoms with van der Waals surface area (Å²) in [5, 5.41) is 10.3. The summed E-state index contributed by atoms with van der Waals surface area (Å²) in [5.74, 6) is 0.116. The van der Waals surface area contributed by atoms with Gasteiger partial charge in [-0.05, 0) is 37.0 Å². The molecule has 0 saturated carbocycles. The summed E-state index contributed by atoms with van der Waals surface area (Å²) in [4.78, 5) is 11.9. The molecule has 3 rings (SSSR count). The molecule has 0 atom stereocenters. The molecule has 0 saturated heterocycles. The molecule has 1 aromatic carbocycles. The van der Waals surface area contributed by atoms with E-state index in [9.17, 15) is 9.90 Å². The zero-order chi connectivity index (χ0) is 11.8. The Balaban J connectivity index is 2.39. The molecule has 1 N–H and O–H groups in total. The van der Waals surface area contributed by atoms with E-state index < -0.39 is 0 Å². The van der Waals surface area contributed by atoms with Gasteiger partial charge in [0.2, 0.25) is 0 Å². The van der Waals surface area contributed by atoms with Crippen LogP contribution in [-0.4, -0.2) is 5.11 Å². The zero-order valence-electron chi connectivity index (χ0n) is 9.27.